The van der Waals surface area contributed by atoms with Crippen LogP contribution in [0.4, 0.5) is 0 Å². The lowest BCUT2D eigenvalue weighted by Crippen LogP contribution is -2.29. The van der Waals surface area contributed by atoms with E-state index in [1.807, 2.05) is 6.08 Å². The number of carbonyl (C=O) groups is 3. The lowest BCUT2D eigenvalue weighted by molar-refractivity contribution is -0.161. The van der Waals surface area contributed by atoms with Crippen molar-refractivity contribution in [1.82, 2.24) is 0 Å². The second-order valence-corrected chi connectivity index (χ2v) is 14.8. The SMILES string of the molecule is CC/C=C\C/C=C\C/C=C\CCCCCCCC(=O)OC[C@H](COP(=O)(O)OC[C@@H](O)CO)OC(=O)CCCCCCCC(=O)/C=C/C=C\CCCCC. The lowest BCUT2D eigenvalue weighted by Gasteiger charge is -2.20. The molecule has 0 radical (unpaired) electrons. The van der Waals surface area contributed by atoms with E-state index in [0.29, 0.717) is 19.3 Å². The molecule has 0 bridgehead atoms. The maximum Gasteiger partial charge on any atom is 0.472 e. The zero-order chi connectivity index (χ0) is 40.0. The third-order valence-electron chi connectivity index (χ3n) is 8.13. The summed E-state index contributed by atoms with van der Waals surface area (Å²) in [7, 11) is -4.65. The maximum absolute atomic E-state index is 12.6. The average Bonchev–Trinajstić information content (AvgIpc) is 3.15. The molecule has 3 atom stereocenters. The highest BCUT2D eigenvalue weighted by Gasteiger charge is 2.27. The first-order chi connectivity index (χ1) is 26.1. The van der Waals surface area contributed by atoms with Crippen LogP contribution in [0.2, 0.25) is 0 Å². The molecule has 0 fully saturated rings. The van der Waals surface area contributed by atoms with Crippen LogP contribution in [0, 0.1) is 0 Å². The van der Waals surface area contributed by atoms with E-state index in [9.17, 15) is 28.9 Å². The van der Waals surface area contributed by atoms with Crippen molar-refractivity contribution in [2.45, 2.75) is 161 Å². The van der Waals surface area contributed by atoms with Crippen LogP contribution in [-0.4, -0.2) is 71.5 Å². The standard InChI is InChI=1S/C42H71O11P/c1-3-5-7-9-11-12-13-14-15-16-17-18-20-24-28-32-41(46)50-36-40(37-52-54(48,49)51-35-39(45)34-43)53-42(47)33-29-25-21-23-27-31-38(44)30-26-22-19-10-8-6-4-2/h5,7,11-12,14-15,19,22,26,30,39-40,43,45H,3-4,6,8-10,13,16-18,20-21,23-25,27-29,31-37H2,1-2H3,(H,48,49)/b7-5-,12-11-,15-14-,22-19-,30-26+/t39-,40+/m0/s1. The minimum atomic E-state index is -4.65. The molecule has 12 heteroatoms. The number of unbranched alkanes of at least 4 members (excludes halogenated alkanes) is 12. The van der Waals surface area contributed by atoms with Gasteiger partial charge in [0.15, 0.2) is 11.9 Å². The van der Waals surface area contributed by atoms with Crippen LogP contribution in [0.3, 0.4) is 0 Å². The number of ether oxygens (including phenoxy) is 2. The van der Waals surface area contributed by atoms with Crippen LogP contribution >= 0.6 is 7.82 Å². The number of hydrogen-bond donors (Lipinski definition) is 3. The van der Waals surface area contributed by atoms with Gasteiger partial charge in [-0.05, 0) is 70.3 Å². The molecule has 11 nitrogen and oxygen atoms in total. The minimum absolute atomic E-state index is 0.0937. The van der Waals surface area contributed by atoms with Gasteiger partial charge >= 0.3 is 19.8 Å². The molecule has 0 aromatic heterocycles. The van der Waals surface area contributed by atoms with Crippen molar-refractivity contribution in [2.24, 2.45) is 0 Å². The molecule has 1 unspecified atom stereocenters. The van der Waals surface area contributed by atoms with E-state index < -0.39 is 51.8 Å². The molecule has 0 aliphatic heterocycles. The van der Waals surface area contributed by atoms with E-state index in [1.54, 1.807) is 12.2 Å². The summed E-state index contributed by atoms with van der Waals surface area (Å²) in [6.45, 7) is 2.03. The van der Waals surface area contributed by atoms with Crippen LogP contribution in [0.5, 0.6) is 0 Å². The Bertz CT molecular complexity index is 1150. The molecule has 0 aromatic rings. The van der Waals surface area contributed by atoms with E-state index in [0.717, 1.165) is 89.9 Å². The summed E-state index contributed by atoms with van der Waals surface area (Å²) in [6.07, 6.45) is 35.8. The fourth-order valence-electron chi connectivity index (χ4n) is 4.99. The van der Waals surface area contributed by atoms with Gasteiger partial charge in [0.2, 0.25) is 0 Å². The van der Waals surface area contributed by atoms with Crippen molar-refractivity contribution >= 4 is 25.5 Å². The number of aliphatic hydroxyl groups is 2. The van der Waals surface area contributed by atoms with E-state index in [1.165, 1.54) is 12.8 Å². The molecule has 0 aromatic carbocycles. The summed E-state index contributed by atoms with van der Waals surface area (Å²) in [4.78, 5) is 46.9. The van der Waals surface area contributed by atoms with Crippen molar-refractivity contribution in [3.63, 3.8) is 0 Å². The summed E-state index contributed by atoms with van der Waals surface area (Å²) in [6, 6.07) is 0. The number of phosphoric acid groups is 1. The highest BCUT2D eigenvalue weighted by molar-refractivity contribution is 7.47. The highest BCUT2D eigenvalue weighted by Crippen LogP contribution is 2.43. The molecule has 310 valence electrons. The largest absolute Gasteiger partial charge is 0.472 e. The predicted molar refractivity (Wildman–Crippen MR) is 215 cm³/mol. The molecular formula is C42H71O11P. The van der Waals surface area contributed by atoms with Gasteiger partial charge in [-0.3, -0.25) is 23.4 Å². The topological polar surface area (TPSA) is 166 Å². The van der Waals surface area contributed by atoms with Gasteiger partial charge < -0.3 is 24.6 Å². The summed E-state index contributed by atoms with van der Waals surface area (Å²) in [5.41, 5.74) is 0. The predicted octanol–water partition coefficient (Wildman–Crippen LogP) is 9.51. The Balaban J connectivity index is 4.47. The lowest BCUT2D eigenvalue weighted by atomic mass is 10.1. The molecular weight excluding hydrogens is 711 g/mol. The van der Waals surface area contributed by atoms with Crippen molar-refractivity contribution < 1.29 is 52.6 Å². The summed E-state index contributed by atoms with van der Waals surface area (Å²) >= 11 is 0. The zero-order valence-electron chi connectivity index (χ0n) is 33.2. The van der Waals surface area contributed by atoms with E-state index in [2.05, 4.69) is 60.9 Å². The van der Waals surface area contributed by atoms with E-state index >= 15 is 0 Å². The van der Waals surface area contributed by atoms with Crippen molar-refractivity contribution in [2.75, 3.05) is 26.4 Å². The minimum Gasteiger partial charge on any atom is -0.462 e. The number of ketones is 1. The van der Waals surface area contributed by atoms with Gasteiger partial charge in [-0.2, -0.15) is 0 Å². The van der Waals surface area contributed by atoms with Gasteiger partial charge in [0.05, 0.1) is 19.8 Å². The molecule has 0 aliphatic rings. The van der Waals surface area contributed by atoms with Gasteiger partial charge in [-0.15, -0.1) is 0 Å². The highest BCUT2D eigenvalue weighted by atomic mass is 31.2. The number of phosphoric ester groups is 1. The summed E-state index contributed by atoms with van der Waals surface area (Å²) < 4.78 is 32.5. The number of allylic oxidation sites excluding steroid dienone is 10. The number of hydrogen-bond acceptors (Lipinski definition) is 10. The van der Waals surface area contributed by atoms with Gasteiger partial charge in [0.1, 0.15) is 12.7 Å². The molecule has 0 rings (SSSR count). The fraction of sp³-hybridized carbons (Fsp3) is 0.690. The molecule has 0 aliphatic carbocycles. The zero-order valence-corrected chi connectivity index (χ0v) is 34.1. The number of rotatable bonds is 37. The van der Waals surface area contributed by atoms with Crippen LogP contribution in [0.1, 0.15) is 149 Å². The Morgan fingerprint density at radius 3 is 1.85 bits per heavy atom. The second kappa shape index (κ2) is 37.3. The van der Waals surface area contributed by atoms with Crippen LogP contribution in [0.25, 0.3) is 0 Å². The monoisotopic (exact) mass is 782 g/mol. The van der Waals surface area contributed by atoms with Crippen LogP contribution in [0.15, 0.2) is 60.8 Å². The van der Waals surface area contributed by atoms with Gasteiger partial charge in [-0.25, -0.2) is 4.57 Å². The molecule has 0 saturated carbocycles. The Morgan fingerprint density at radius 2 is 1.19 bits per heavy atom. The number of carbonyl (C=O) groups excluding carboxylic acids is 3. The van der Waals surface area contributed by atoms with Crippen molar-refractivity contribution in [1.29, 1.82) is 0 Å². The molecule has 54 heavy (non-hydrogen) atoms. The van der Waals surface area contributed by atoms with Gasteiger partial charge in [-0.1, -0.05) is 120 Å². The molecule has 3 N–H and O–H groups in total. The molecule has 0 heterocycles. The van der Waals surface area contributed by atoms with Gasteiger partial charge in [0.25, 0.3) is 0 Å². The number of esters is 2. The third-order valence-corrected chi connectivity index (χ3v) is 9.08. The first-order valence-corrected chi connectivity index (χ1v) is 21.7. The van der Waals surface area contributed by atoms with Crippen LogP contribution < -0.4 is 0 Å². The second-order valence-electron chi connectivity index (χ2n) is 13.3. The smallest absolute Gasteiger partial charge is 0.462 e. The Labute approximate surface area is 325 Å². The number of aliphatic hydroxyl groups excluding tert-OH is 2. The Hall–Kier alpha value is -2.66. The molecule has 0 saturated heterocycles. The van der Waals surface area contributed by atoms with E-state index in [-0.39, 0.29) is 25.2 Å². The third kappa shape index (κ3) is 36.3. The van der Waals surface area contributed by atoms with Crippen molar-refractivity contribution in [3.05, 3.63) is 60.8 Å². The van der Waals surface area contributed by atoms with Crippen molar-refractivity contribution in [3.8, 4) is 0 Å². The normalized spacial score (nSPS) is 14.5. The fourth-order valence-corrected chi connectivity index (χ4v) is 5.78. The quantitative estimate of drug-likeness (QED) is 0.0137. The van der Waals surface area contributed by atoms with E-state index in [4.69, 9.17) is 19.1 Å². The Morgan fingerprint density at radius 1 is 0.630 bits per heavy atom. The summed E-state index contributed by atoms with van der Waals surface area (Å²) in [5.74, 6) is -0.948. The maximum atomic E-state index is 12.6. The van der Waals surface area contributed by atoms with Crippen LogP contribution in [-0.2, 0) is 37.5 Å². The first-order valence-electron chi connectivity index (χ1n) is 20.2. The molecule has 0 amide bonds. The average molecular weight is 783 g/mol. The Kier molecular flexibility index (Phi) is 35.4. The first kappa shape index (κ1) is 51.3. The van der Waals surface area contributed by atoms with Gasteiger partial charge in [0, 0.05) is 19.3 Å². The molecule has 0 spiro atoms. The summed E-state index contributed by atoms with van der Waals surface area (Å²) in [5, 5.41) is 18.3.